The van der Waals surface area contributed by atoms with E-state index in [-0.39, 0.29) is 0 Å². The largest absolute Gasteiger partial charge is 0.311 e. The smallest absolute Gasteiger partial charge is 0.0408 e. The van der Waals surface area contributed by atoms with Gasteiger partial charge in [0.15, 0.2) is 0 Å². The van der Waals surface area contributed by atoms with Crippen molar-refractivity contribution in [2.24, 2.45) is 0 Å². The Hall–Kier alpha value is -0.570. The first kappa shape index (κ1) is 11.9. The van der Waals surface area contributed by atoms with E-state index in [1.807, 2.05) is 12.1 Å². The lowest BCUT2D eigenvalue weighted by Gasteiger charge is -2.38. The van der Waals surface area contributed by atoms with Gasteiger partial charge in [-0.3, -0.25) is 0 Å². The highest BCUT2D eigenvalue weighted by Crippen LogP contribution is 2.16. The molecule has 0 amide bonds. The Kier molecular flexibility index (Phi) is 3.85. The van der Waals surface area contributed by atoms with Gasteiger partial charge in [0.2, 0.25) is 0 Å². The summed E-state index contributed by atoms with van der Waals surface area (Å²) in [6.07, 6.45) is 1.05. The van der Waals surface area contributed by atoms with Crippen LogP contribution >= 0.6 is 11.6 Å². The van der Waals surface area contributed by atoms with Crippen LogP contribution in [0.15, 0.2) is 24.3 Å². The molecule has 1 saturated heterocycles. The summed E-state index contributed by atoms with van der Waals surface area (Å²) in [7, 11) is 2.19. The number of benzene rings is 1. The molecule has 88 valence electrons. The van der Waals surface area contributed by atoms with Gasteiger partial charge in [0, 0.05) is 30.2 Å². The molecule has 1 aromatic carbocycles. The maximum atomic E-state index is 6.00. The van der Waals surface area contributed by atoms with E-state index in [9.17, 15) is 0 Å². The van der Waals surface area contributed by atoms with E-state index >= 15 is 0 Å². The van der Waals surface area contributed by atoms with Gasteiger partial charge < -0.3 is 10.2 Å². The van der Waals surface area contributed by atoms with Crippen LogP contribution in [0.25, 0.3) is 0 Å². The normalized spacial score (nSPS) is 26.9. The molecule has 0 saturated carbocycles. The minimum Gasteiger partial charge on any atom is -0.311 e. The van der Waals surface area contributed by atoms with Crippen molar-refractivity contribution in [1.29, 1.82) is 0 Å². The van der Waals surface area contributed by atoms with Crippen molar-refractivity contribution < 1.29 is 0 Å². The minimum atomic E-state index is 0.525. The first-order valence-corrected chi connectivity index (χ1v) is 6.22. The summed E-state index contributed by atoms with van der Waals surface area (Å²) in [4.78, 5) is 2.41. The van der Waals surface area contributed by atoms with E-state index in [2.05, 4.69) is 36.3 Å². The second kappa shape index (κ2) is 5.17. The highest BCUT2D eigenvalue weighted by Gasteiger charge is 2.24. The lowest BCUT2D eigenvalue weighted by Crippen LogP contribution is -2.55. The van der Waals surface area contributed by atoms with Crippen molar-refractivity contribution in [1.82, 2.24) is 10.2 Å². The number of likely N-dealkylation sites (N-methyl/N-ethyl adjacent to an activating group) is 1. The first-order valence-electron chi connectivity index (χ1n) is 5.85. The molecule has 2 atom stereocenters. The molecule has 0 aromatic heterocycles. The molecule has 1 fully saturated rings. The minimum absolute atomic E-state index is 0.525. The molecule has 2 rings (SSSR count). The quantitative estimate of drug-likeness (QED) is 0.850. The van der Waals surface area contributed by atoms with E-state index < -0.39 is 0 Å². The second-order valence-corrected chi connectivity index (χ2v) is 5.05. The van der Waals surface area contributed by atoms with Gasteiger partial charge in [0.1, 0.15) is 0 Å². The van der Waals surface area contributed by atoms with Crippen molar-refractivity contribution in [3.05, 3.63) is 34.9 Å². The average molecular weight is 239 g/mol. The first-order chi connectivity index (χ1) is 7.66. The molecule has 0 aliphatic carbocycles. The zero-order valence-corrected chi connectivity index (χ0v) is 10.7. The molecule has 2 unspecified atom stereocenters. The summed E-state index contributed by atoms with van der Waals surface area (Å²) >= 11 is 6.00. The number of nitrogens with zero attached hydrogens (tertiary/aromatic N) is 1. The highest BCUT2D eigenvalue weighted by atomic mass is 35.5. The van der Waals surface area contributed by atoms with Gasteiger partial charge in [-0.2, -0.15) is 0 Å². The predicted molar refractivity (Wildman–Crippen MR) is 69.0 cm³/mol. The number of rotatable bonds is 2. The van der Waals surface area contributed by atoms with Gasteiger partial charge in [0.05, 0.1) is 0 Å². The van der Waals surface area contributed by atoms with Crippen molar-refractivity contribution >= 4 is 11.6 Å². The SMILES string of the molecule is CC1C(Cc2cccc(Cl)c2)NCCN1C. The molecule has 1 N–H and O–H groups in total. The third-order valence-corrected chi connectivity index (χ3v) is 3.73. The van der Waals surface area contributed by atoms with Gasteiger partial charge in [-0.05, 0) is 38.1 Å². The van der Waals surface area contributed by atoms with E-state index in [1.165, 1.54) is 5.56 Å². The average Bonchev–Trinajstić information content (AvgIpc) is 2.25. The number of piperazine rings is 1. The summed E-state index contributed by atoms with van der Waals surface area (Å²) < 4.78 is 0. The molecule has 1 aliphatic rings. The number of nitrogens with one attached hydrogen (secondary N) is 1. The Morgan fingerprint density at radius 1 is 1.50 bits per heavy atom. The molecular formula is C13H19ClN2. The predicted octanol–water partition coefficient (Wildman–Crippen LogP) is 2.17. The Balaban J connectivity index is 2.03. The fraction of sp³-hybridized carbons (Fsp3) is 0.538. The fourth-order valence-electron chi connectivity index (χ4n) is 2.27. The summed E-state index contributed by atoms with van der Waals surface area (Å²) in [6, 6.07) is 9.26. The van der Waals surface area contributed by atoms with Crippen molar-refractivity contribution in [2.75, 3.05) is 20.1 Å². The molecule has 1 aromatic rings. The van der Waals surface area contributed by atoms with E-state index in [4.69, 9.17) is 11.6 Å². The van der Waals surface area contributed by atoms with Crippen LogP contribution < -0.4 is 5.32 Å². The van der Waals surface area contributed by atoms with E-state index in [0.717, 1.165) is 24.5 Å². The number of hydrogen-bond donors (Lipinski definition) is 1. The molecule has 3 heteroatoms. The van der Waals surface area contributed by atoms with Gasteiger partial charge in [0.25, 0.3) is 0 Å². The van der Waals surface area contributed by atoms with Crippen LogP contribution in [0.4, 0.5) is 0 Å². The van der Waals surface area contributed by atoms with Crippen molar-refractivity contribution in [2.45, 2.75) is 25.4 Å². The van der Waals surface area contributed by atoms with Gasteiger partial charge in [-0.15, -0.1) is 0 Å². The molecule has 1 heterocycles. The van der Waals surface area contributed by atoms with Crippen LogP contribution in [0.2, 0.25) is 5.02 Å². The van der Waals surface area contributed by atoms with Gasteiger partial charge in [-0.25, -0.2) is 0 Å². The molecule has 0 spiro atoms. The third kappa shape index (κ3) is 2.76. The number of hydrogen-bond acceptors (Lipinski definition) is 2. The zero-order valence-electron chi connectivity index (χ0n) is 9.91. The van der Waals surface area contributed by atoms with Crippen LogP contribution in [0.3, 0.4) is 0 Å². The topological polar surface area (TPSA) is 15.3 Å². The van der Waals surface area contributed by atoms with Crippen molar-refractivity contribution in [3.8, 4) is 0 Å². The van der Waals surface area contributed by atoms with Crippen LogP contribution in [0, 0.1) is 0 Å². The monoisotopic (exact) mass is 238 g/mol. The molecule has 0 bridgehead atoms. The van der Waals surface area contributed by atoms with Crippen LogP contribution in [-0.4, -0.2) is 37.1 Å². The lowest BCUT2D eigenvalue weighted by atomic mass is 9.98. The van der Waals surface area contributed by atoms with Gasteiger partial charge in [-0.1, -0.05) is 23.7 Å². The van der Waals surface area contributed by atoms with E-state index in [0.29, 0.717) is 12.1 Å². The Labute approximate surface area is 103 Å². The Bertz CT molecular complexity index is 354. The summed E-state index contributed by atoms with van der Waals surface area (Å²) in [5.74, 6) is 0. The maximum absolute atomic E-state index is 6.00. The molecule has 16 heavy (non-hydrogen) atoms. The standard InChI is InChI=1S/C13H19ClN2/c1-10-13(15-6-7-16(10)2)9-11-4-3-5-12(14)8-11/h3-5,8,10,13,15H,6-7,9H2,1-2H3. The van der Waals surface area contributed by atoms with Crippen molar-refractivity contribution in [3.63, 3.8) is 0 Å². The highest BCUT2D eigenvalue weighted by molar-refractivity contribution is 6.30. The fourth-order valence-corrected chi connectivity index (χ4v) is 2.48. The Morgan fingerprint density at radius 2 is 2.31 bits per heavy atom. The summed E-state index contributed by atoms with van der Waals surface area (Å²) in [6.45, 7) is 4.49. The molecule has 2 nitrogen and oxygen atoms in total. The number of halogens is 1. The van der Waals surface area contributed by atoms with E-state index in [1.54, 1.807) is 0 Å². The zero-order chi connectivity index (χ0) is 11.5. The van der Waals surface area contributed by atoms with Crippen LogP contribution in [0.5, 0.6) is 0 Å². The van der Waals surface area contributed by atoms with Crippen LogP contribution in [0.1, 0.15) is 12.5 Å². The summed E-state index contributed by atoms with van der Waals surface area (Å²) in [5, 5.41) is 4.41. The third-order valence-electron chi connectivity index (χ3n) is 3.49. The van der Waals surface area contributed by atoms with Gasteiger partial charge >= 0.3 is 0 Å². The second-order valence-electron chi connectivity index (χ2n) is 4.62. The van der Waals surface area contributed by atoms with Crippen LogP contribution in [-0.2, 0) is 6.42 Å². The lowest BCUT2D eigenvalue weighted by molar-refractivity contribution is 0.163. The molecule has 0 radical (unpaired) electrons. The maximum Gasteiger partial charge on any atom is 0.0408 e. The Morgan fingerprint density at radius 3 is 3.06 bits per heavy atom. The summed E-state index contributed by atoms with van der Waals surface area (Å²) in [5.41, 5.74) is 1.31. The molecule has 1 aliphatic heterocycles. The molecular weight excluding hydrogens is 220 g/mol.